The van der Waals surface area contributed by atoms with Crippen LogP contribution >= 0.6 is 0 Å². The lowest BCUT2D eigenvalue weighted by atomic mass is 9.95. The van der Waals surface area contributed by atoms with Gasteiger partial charge in [-0.15, -0.1) is 0 Å². The third-order valence-corrected chi connectivity index (χ3v) is 4.06. The van der Waals surface area contributed by atoms with Crippen LogP contribution in [0, 0.1) is 11.8 Å². The summed E-state index contributed by atoms with van der Waals surface area (Å²) < 4.78 is 0. The largest absolute Gasteiger partial charge is 0.326 e. The van der Waals surface area contributed by atoms with Gasteiger partial charge in [0.05, 0.1) is 5.92 Å². The second-order valence-corrected chi connectivity index (χ2v) is 5.91. The molecule has 26 heavy (non-hydrogen) atoms. The Morgan fingerprint density at radius 1 is 1.00 bits per heavy atom. The molecule has 3 nitrogen and oxygen atoms in total. The molecule has 3 heteroatoms. The molecule has 0 saturated carbocycles. The fourth-order valence-electron chi connectivity index (χ4n) is 2.73. The lowest BCUT2D eigenvalue weighted by Crippen LogP contribution is -2.20. The van der Waals surface area contributed by atoms with Crippen molar-refractivity contribution in [3.63, 3.8) is 0 Å². The fraction of sp³-hybridized carbons (Fsp3) is 0.130. The van der Waals surface area contributed by atoms with Crippen LogP contribution in [0.2, 0.25) is 0 Å². The van der Waals surface area contributed by atoms with Gasteiger partial charge in [-0.2, -0.15) is 0 Å². The highest BCUT2D eigenvalue weighted by molar-refractivity contribution is 5.95. The molecule has 1 amide bonds. The average molecular weight is 340 g/mol. The van der Waals surface area contributed by atoms with Crippen LogP contribution in [0.4, 0.5) is 5.69 Å². The Hall–Kier alpha value is -3.38. The van der Waals surface area contributed by atoms with Crippen molar-refractivity contribution in [3.8, 4) is 11.8 Å². The summed E-state index contributed by atoms with van der Waals surface area (Å²) in [5, 5.41) is 3.01. The summed E-state index contributed by atoms with van der Waals surface area (Å²) in [5.74, 6) is 5.94. The van der Waals surface area contributed by atoms with E-state index >= 15 is 0 Å². The summed E-state index contributed by atoms with van der Waals surface area (Å²) in [6.45, 7) is 2.02. The van der Waals surface area contributed by atoms with E-state index in [1.807, 2.05) is 79.7 Å². The lowest BCUT2D eigenvalue weighted by molar-refractivity contribution is -0.117. The van der Waals surface area contributed by atoms with Gasteiger partial charge in [0.2, 0.25) is 5.91 Å². The molecule has 3 aromatic rings. The van der Waals surface area contributed by atoms with Crippen LogP contribution in [-0.4, -0.2) is 10.9 Å². The van der Waals surface area contributed by atoms with Crippen molar-refractivity contribution in [2.24, 2.45) is 0 Å². The zero-order valence-corrected chi connectivity index (χ0v) is 14.6. The first-order chi connectivity index (χ1) is 12.8. The molecular formula is C23H20N2O. The Bertz CT molecular complexity index is 924. The maximum Gasteiger partial charge on any atom is 0.231 e. The van der Waals surface area contributed by atoms with Crippen molar-refractivity contribution >= 4 is 11.6 Å². The number of rotatable bonds is 4. The molecule has 1 N–H and O–H groups in total. The number of hydrogen-bond acceptors (Lipinski definition) is 2. The number of benzene rings is 2. The molecule has 0 aliphatic rings. The number of carbonyl (C=O) groups is 1. The number of carbonyl (C=O) groups excluding carboxylic acids is 1. The molecule has 3 rings (SSSR count). The average Bonchev–Trinajstić information content (AvgIpc) is 2.69. The SMILES string of the molecule is CC[C@H](C(=O)Nc1cccc(C#Cc2ccccn2)c1)c1ccccc1. The Morgan fingerprint density at radius 2 is 1.81 bits per heavy atom. The highest BCUT2D eigenvalue weighted by atomic mass is 16.1. The third kappa shape index (κ3) is 4.58. The molecule has 0 bridgehead atoms. The number of hydrogen-bond donors (Lipinski definition) is 1. The van der Waals surface area contributed by atoms with Crippen LogP contribution in [0.5, 0.6) is 0 Å². The topological polar surface area (TPSA) is 42.0 Å². The molecule has 0 spiro atoms. The van der Waals surface area contributed by atoms with E-state index < -0.39 is 0 Å². The van der Waals surface area contributed by atoms with E-state index in [2.05, 4.69) is 22.1 Å². The van der Waals surface area contributed by atoms with Crippen LogP contribution in [0.25, 0.3) is 0 Å². The van der Waals surface area contributed by atoms with E-state index in [0.29, 0.717) is 0 Å². The molecule has 2 aromatic carbocycles. The van der Waals surface area contributed by atoms with Gasteiger partial charge < -0.3 is 5.32 Å². The first-order valence-electron chi connectivity index (χ1n) is 8.65. The number of nitrogens with zero attached hydrogens (tertiary/aromatic N) is 1. The normalized spacial score (nSPS) is 11.1. The van der Waals surface area contributed by atoms with Crippen molar-refractivity contribution in [2.75, 3.05) is 5.32 Å². The van der Waals surface area contributed by atoms with E-state index in [9.17, 15) is 4.79 Å². The van der Waals surface area contributed by atoms with E-state index in [1.54, 1.807) is 6.20 Å². The summed E-state index contributed by atoms with van der Waals surface area (Å²) in [6, 6.07) is 23.0. The summed E-state index contributed by atoms with van der Waals surface area (Å²) in [6.07, 6.45) is 2.46. The minimum absolute atomic E-state index is 0.00599. The summed E-state index contributed by atoms with van der Waals surface area (Å²) >= 11 is 0. The number of nitrogens with one attached hydrogen (secondary N) is 1. The Kier molecular flexibility index (Phi) is 5.80. The van der Waals surface area contributed by atoms with Gasteiger partial charge in [0.25, 0.3) is 0 Å². The summed E-state index contributed by atoms with van der Waals surface area (Å²) in [7, 11) is 0. The summed E-state index contributed by atoms with van der Waals surface area (Å²) in [5.41, 5.74) is 3.33. The van der Waals surface area contributed by atoms with Gasteiger partial charge in [-0.25, -0.2) is 4.98 Å². The maximum atomic E-state index is 12.7. The molecule has 0 saturated heterocycles. The smallest absolute Gasteiger partial charge is 0.231 e. The zero-order chi connectivity index (χ0) is 18.2. The van der Waals surface area contributed by atoms with Gasteiger partial charge in [-0.3, -0.25) is 4.79 Å². The Labute approximate surface area is 154 Å². The molecule has 0 aliphatic carbocycles. The van der Waals surface area contributed by atoms with Gasteiger partial charge in [0.1, 0.15) is 5.69 Å². The summed E-state index contributed by atoms with van der Waals surface area (Å²) in [4.78, 5) is 16.9. The van der Waals surface area contributed by atoms with Crippen molar-refractivity contribution < 1.29 is 4.79 Å². The number of amides is 1. The van der Waals surface area contributed by atoms with Crippen LogP contribution in [0.1, 0.15) is 36.1 Å². The standard InChI is InChI=1S/C23H20N2O/c1-2-22(19-10-4-3-5-11-19)23(26)25-21-13-8-9-18(17-21)14-15-20-12-6-7-16-24-20/h3-13,16-17,22H,2H2,1H3,(H,25,26)/t22-/m0/s1. The van der Waals surface area contributed by atoms with Crippen molar-refractivity contribution in [1.29, 1.82) is 0 Å². The van der Waals surface area contributed by atoms with E-state index in [1.165, 1.54) is 0 Å². The van der Waals surface area contributed by atoms with E-state index in [4.69, 9.17) is 0 Å². The van der Waals surface area contributed by atoms with Gasteiger partial charge in [-0.05, 0) is 48.2 Å². The van der Waals surface area contributed by atoms with Crippen LogP contribution in [0.3, 0.4) is 0 Å². The zero-order valence-electron chi connectivity index (χ0n) is 14.6. The molecule has 0 fully saturated rings. The van der Waals surface area contributed by atoms with Crippen LogP contribution in [-0.2, 0) is 4.79 Å². The second kappa shape index (κ2) is 8.64. The predicted octanol–water partition coefficient (Wildman–Crippen LogP) is 4.61. The number of pyridine rings is 1. The minimum atomic E-state index is -0.167. The third-order valence-electron chi connectivity index (χ3n) is 4.06. The fourth-order valence-corrected chi connectivity index (χ4v) is 2.73. The number of anilines is 1. The van der Waals surface area contributed by atoms with Crippen molar-refractivity contribution in [2.45, 2.75) is 19.3 Å². The highest BCUT2D eigenvalue weighted by Crippen LogP contribution is 2.21. The lowest BCUT2D eigenvalue weighted by Gasteiger charge is -2.15. The molecule has 1 aromatic heterocycles. The first-order valence-corrected chi connectivity index (χ1v) is 8.65. The van der Waals surface area contributed by atoms with Gasteiger partial charge in [0, 0.05) is 17.4 Å². The van der Waals surface area contributed by atoms with Crippen LogP contribution < -0.4 is 5.32 Å². The highest BCUT2D eigenvalue weighted by Gasteiger charge is 2.18. The van der Waals surface area contributed by atoms with Gasteiger partial charge >= 0.3 is 0 Å². The quantitative estimate of drug-likeness (QED) is 0.705. The van der Waals surface area contributed by atoms with Gasteiger partial charge in [-0.1, -0.05) is 55.3 Å². The minimum Gasteiger partial charge on any atom is -0.326 e. The van der Waals surface area contributed by atoms with Crippen LogP contribution in [0.15, 0.2) is 79.0 Å². The maximum absolute atomic E-state index is 12.7. The molecule has 1 atom stereocenters. The first kappa shape index (κ1) is 17.4. The molecule has 1 heterocycles. The number of aromatic nitrogens is 1. The monoisotopic (exact) mass is 340 g/mol. The van der Waals surface area contributed by atoms with E-state index in [-0.39, 0.29) is 11.8 Å². The second-order valence-electron chi connectivity index (χ2n) is 5.91. The molecule has 0 aliphatic heterocycles. The van der Waals surface area contributed by atoms with Crippen molar-refractivity contribution in [3.05, 3.63) is 95.8 Å². The van der Waals surface area contributed by atoms with E-state index in [0.717, 1.165) is 28.9 Å². The molecule has 0 unspecified atom stereocenters. The van der Waals surface area contributed by atoms with Gasteiger partial charge in [0.15, 0.2) is 0 Å². The molecule has 128 valence electrons. The van der Waals surface area contributed by atoms with Crippen molar-refractivity contribution in [1.82, 2.24) is 4.98 Å². The Balaban J connectivity index is 1.74. The predicted molar refractivity (Wildman–Crippen MR) is 105 cm³/mol. The molecular weight excluding hydrogens is 320 g/mol. The molecule has 0 radical (unpaired) electrons. The Morgan fingerprint density at radius 3 is 2.54 bits per heavy atom.